The number of ether oxygens (including phenoxy) is 2. The molecule has 0 radical (unpaired) electrons. The molecular weight excluding hydrogens is 381 g/mol. The normalized spacial score (nSPS) is 19.5. The number of benzene rings is 1. The molecule has 0 amide bonds. The number of para-hydroxylation sites is 1. The van der Waals surface area contributed by atoms with Gasteiger partial charge in [-0.05, 0) is 77.1 Å². The Labute approximate surface area is 178 Å². The van der Waals surface area contributed by atoms with Gasteiger partial charge in [-0.15, -0.1) is 0 Å². The third-order valence-electron chi connectivity index (χ3n) is 6.13. The lowest BCUT2D eigenvalue weighted by Gasteiger charge is -2.51. The van der Waals surface area contributed by atoms with Crippen molar-refractivity contribution in [2.75, 3.05) is 19.6 Å². The highest BCUT2D eigenvalue weighted by molar-refractivity contribution is 5.24. The maximum Gasteiger partial charge on any atom is 0.233 e. The molecule has 1 aromatic carbocycles. The van der Waals surface area contributed by atoms with E-state index in [2.05, 4.69) is 14.9 Å². The molecule has 1 spiro atoms. The molecule has 0 unspecified atom stereocenters. The molecule has 1 saturated heterocycles. The quantitative estimate of drug-likeness (QED) is 0.689. The monoisotopic (exact) mass is 413 g/mol. The van der Waals surface area contributed by atoms with Crippen molar-refractivity contribution in [2.45, 2.75) is 64.6 Å². The topological polar surface area (TPSA) is 47.5 Å². The number of aromatic nitrogens is 2. The lowest BCUT2D eigenvalue weighted by atomic mass is 9.61. The Bertz CT molecular complexity index is 852. The van der Waals surface area contributed by atoms with Crippen molar-refractivity contribution < 1.29 is 13.9 Å². The van der Waals surface area contributed by atoms with Crippen LogP contribution in [0.25, 0.3) is 0 Å². The summed E-state index contributed by atoms with van der Waals surface area (Å²) in [6, 6.07) is 6.69. The van der Waals surface area contributed by atoms with E-state index in [9.17, 15) is 4.39 Å². The second-order valence-corrected chi connectivity index (χ2v) is 9.73. The van der Waals surface area contributed by atoms with E-state index >= 15 is 0 Å². The van der Waals surface area contributed by atoms with E-state index in [0.29, 0.717) is 17.0 Å². The standard InChI is InChI=1S/C24H32FN3O2/c1-23(2,3)30-22-17-26-16-18(27-22)8-11-28-12-9-24(10-13-28)14-19(15-24)29-21-7-5-4-6-20(21)25/h4-7,16-17,19H,8-15H2,1-3H3. The molecule has 2 aliphatic rings. The van der Waals surface area contributed by atoms with Crippen LogP contribution < -0.4 is 9.47 Å². The van der Waals surface area contributed by atoms with Crippen LogP contribution in [0.4, 0.5) is 4.39 Å². The van der Waals surface area contributed by atoms with Crippen molar-refractivity contribution in [3.63, 3.8) is 0 Å². The number of piperidine rings is 1. The van der Waals surface area contributed by atoms with Gasteiger partial charge >= 0.3 is 0 Å². The summed E-state index contributed by atoms with van der Waals surface area (Å²) in [5, 5.41) is 0. The predicted octanol–water partition coefficient (Wildman–Crippen LogP) is 4.66. The molecule has 1 saturated carbocycles. The smallest absolute Gasteiger partial charge is 0.233 e. The average molecular weight is 414 g/mol. The van der Waals surface area contributed by atoms with Crippen LogP contribution in [0.2, 0.25) is 0 Å². The van der Waals surface area contributed by atoms with E-state index in [1.807, 2.05) is 33.0 Å². The third-order valence-corrected chi connectivity index (χ3v) is 6.13. The number of rotatable bonds is 6. The van der Waals surface area contributed by atoms with Gasteiger partial charge in [0.05, 0.1) is 18.0 Å². The summed E-state index contributed by atoms with van der Waals surface area (Å²) in [6.45, 7) is 9.21. The fourth-order valence-electron chi connectivity index (χ4n) is 4.51. The summed E-state index contributed by atoms with van der Waals surface area (Å²) in [5.74, 6) is 0.704. The van der Waals surface area contributed by atoms with Crippen molar-refractivity contribution in [3.8, 4) is 11.6 Å². The number of hydrogen-bond acceptors (Lipinski definition) is 5. The van der Waals surface area contributed by atoms with Crippen LogP contribution >= 0.6 is 0 Å². The molecule has 1 aliphatic heterocycles. The summed E-state index contributed by atoms with van der Waals surface area (Å²) in [5.41, 5.74) is 1.08. The van der Waals surface area contributed by atoms with Crippen LogP contribution in [0.1, 0.15) is 52.1 Å². The molecule has 0 atom stereocenters. The summed E-state index contributed by atoms with van der Waals surface area (Å²) in [4.78, 5) is 11.4. The average Bonchev–Trinajstić information content (AvgIpc) is 2.67. The van der Waals surface area contributed by atoms with Gasteiger partial charge in [0.1, 0.15) is 5.60 Å². The van der Waals surface area contributed by atoms with Crippen LogP contribution in [-0.2, 0) is 6.42 Å². The second kappa shape index (κ2) is 8.50. The Balaban J connectivity index is 1.21. The van der Waals surface area contributed by atoms with Crippen molar-refractivity contribution in [1.29, 1.82) is 0 Å². The van der Waals surface area contributed by atoms with Gasteiger partial charge in [-0.2, -0.15) is 0 Å². The zero-order valence-electron chi connectivity index (χ0n) is 18.2. The van der Waals surface area contributed by atoms with E-state index in [0.717, 1.165) is 44.6 Å². The van der Waals surface area contributed by atoms with E-state index in [4.69, 9.17) is 9.47 Å². The first kappa shape index (κ1) is 21.0. The highest BCUT2D eigenvalue weighted by Crippen LogP contribution is 2.50. The minimum atomic E-state index is -0.273. The number of halogens is 1. The Morgan fingerprint density at radius 3 is 2.57 bits per heavy atom. The third kappa shape index (κ3) is 5.28. The zero-order chi connectivity index (χ0) is 21.2. The van der Waals surface area contributed by atoms with E-state index in [-0.39, 0.29) is 17.5 Å². The lowest BCUT2D eigenvalue weighted by Crippen LogP contribution is -2.51. The molecule has 1 aliphatic carbocycles. The summed E-state index contributed by atoms with van der Waals surface area (Å²) < 4.78 is 25.5. The lowest BCUT2D eigenvalue weighted by molar-refractivity contribution is -0.0562. The largest absolute Gasteiger partial charge is 0.487 e. The predicted molar refractivity (Wildman–Crippen MR) is 114 cm³/mol. The van der Waals surface area contributed by atoms with Crippen LogP contribution in [0, 0.1) is 11.2 Å². The fourth-order valence-corrected chi connectivity index (χ4v) is 4.51. The van der Waals surface area contributed by atoms with Gasteiger partial charge in [0.2, 0.25) is 5.88 Å². The molecule has 162 valence electrons. The van der Waals surface area contributed by atoms with Crippen molar-refractivity contribution >= 4 is 0 Å². The van der Waals surface area contributed by atoms with Gasteiger partial charge in [-0.3, -0.25) is 4.98 Å². The molecule has 0 N–H and O–H groups in total. The number of hydrogen-bond donors (Lipinski definition) is 0. The molecule has 2 heterocycles. The van der Waals surface area contributed by atoms with Gasteiger partial charge < -0.3 is 14.4 Å². The molecule has 6 heteroatoms. The van der Waals surface area contributed by atoms with Crippen molar-refractivity contribution in [3.05, 3.63) is 48.2 Å². The Kier molecular flexibility index (Phi) is 5.96. The van der Waals surface area contributed by atoms with Gasteiger partial charge in [-0.1, -0.05) is 12.1 Å². The van der Waals surface area contributed by atoms with Gasteiger partial charge in [0.15, 0.2) is 11.6 Å². The fraction of sp³-hybridized carbons (Fsp3) is 0.583. The number of nitrogens with zero attached hydrogens (tertiary/aromatic N) is 3. The molecule has 4 rings (SSSR count). The zero-order valence-corrected chi connectivity index (χ0v) is 18.2. The molecule has 5 nitrogen and oxygen atoms in total. The Hall–Kier alpha value is -2.21. The van der Waals surface area contributed by atoms with Gasteiger partial charge in [0, 0.05) is 19.2 Å². The molecule has 2 fully saturated rings. The molecular formula is C24H32FN3O2. The maximum absolute atomic E-state index is 13.8. The first-order valence-electron chi connectivity index (χ1n) is 10.9. The Morgan fingerprint density at radius 1 is 1.13 bits per heavy atom. The van der Waals surface area contributed by atoms with E-state index < -0.39 is 0 Å². The van der Waals surface area contributed by atoms with Crippen molar-refractivity contribution in [1.82, 2.24) is 14.9 Å². The van der Waals surface area contributed by atoms with Crippen molar-refractivity contribution in [2.24, 2.45) is 5.41 Å². The summed E-state index contributed by atoms with van der Waals surface area (Å²) >= 11 is 0. The van der Waals surface area contributed by atoms with Crippen LogP contribution in [0.5, 0.6) is 11.6 Å². The molecule has 2 aromatic rings. The highest BCUT2D eigenvalue weighted by Gasteiger charge is 2.47. The first-order chi connectivity index (χ1) is 14.3. The van der Waals surface area contributed by atoms with Gasteiger partial charge in [0.25, 0.3) is 0 Å². The van der Waals surface area contributed by atoms with E-state index in [1.54, 1.807) is 18.3 Å². The second-order valence-electron chi connectivity index (χ2n) is 9.73. The number of likely N-dealkylation sites (tertiary alicyclic amines) is 1. The maximum atomic E-state index is 13.8. The highest BCUT2D eigenvalue weighted by atomic mass is 19.1. The first-order valence-corrected chi connectivity index (χ1v) is 10.9. The SMILES string of the molecule is CC(C)(C)Oc1cncc(CCN2CCC3(CC2)CC(Oc2ccccc2F)C3)n1. The molecule has 1 aromatic heterocycles. The van der Waals surface area contributed by atoms with Gasteiger partial charge in [-0.25, -0.2) is 9.37 Å². The summed E-state index contributed by atoms with van der Waals surface area (Å²) in [7, 11) is 0. The van der Waals surface area contributed by atoms with E-state index in [1.165, 1.54) is 18.9 Å². The van der Waals surface area contributed by atoms with Crippen LogP contribution in [0.3, 0.4) is 0 Å². The minimum Gasteiger partial charge on any atom is -0.487 e. The van der Waals surface area contributed by atoms with Crippen LogP contribution in [0.15, 0.2) is 36.7 Å². The molecule has 30 heavy (non-hydrogen) atoms. The molecule has 0 bridgehead atoms. The minimum absolute atomic E-state index is 0.147. The Morgan fingerprint density at radius 2 is 1.87 bits per heavy atom. The summed E-state index contributed by atoms with van der Waals surface area (Å²) in [6.07, 6.45) is 8.97. The van der Waals surface area contributed by atoms with Crippen LogP contribution in [-0.4, -0.2) is 46.2 Å².